The van der Waals surface area contributed by atoms with Gasteiger partial charge in [-0.25, -0.2) is 9.59 Å². The van der Waals surface area contributed by atoms with E-state index in [1.807, 2.05) is 24.3 Å². The molecule has 0 aromatic heterocycles. The van der Waals surface area contributed by atoms with E-state index in [9.17, 15) is 19.5 Å². The lowest BCUT2D eigenvalue weighted by Gasteiger charge is -2.41. The van der Waals surface area contributed by atoms with Gasteiger partial charge in [0.15, 0.2) is 0 Å². The molecule has 7 nitrogen and oxygen atoms in total. The first kappa shape index (κ1) is 22.4. The molecule has 2 aromatic rings. The summed E-state index contributed by atoms with van der Waals surface area (Å²) < 4.78 is 5.59. The predicted octanol–water partition coefficient (Wildman–Crippen LogP) is 4.16. The number of benzene rings is 2. The van der Waals surface area contributed by atoms with E-state index in [1.54, 1.807) is 7.05 Å². The average Bonchev–Trinajstić information content (AvgIpc) is 3.43. The van der Waals surface area contributed by atoms with Crippen molar-refractivity contribution in [1.82, 2.24) is 10.2 Å². The van der Waals surface area contributed by atoms with Crippen molar-refractivity contribution in [2.45, 2.75) is 56.0 Å². The molecule has 34 heavy (non-hydrogen) atoms. The van der Waals surface area contributed by atoms with Crippen LogP contribution in [-0.2, 0) is 14.3 Å². The Bertz CT molecular complexity index is 1070. The highest BCUT2D eigenvalue weighted by atomic mass is 16.5. The molecule has 0 bridgehead atoms. The number of amides is 2. The molecular weight excluding hydrogens is 432 g/mol. The number of carbonyl (C=O) groups is 3. The zero-order chi connectivity index (χ0) is 23.9. The normalized spacial score (nSPS) is 22.3. The SMILES string of the molecule is CN(C(=O)C1CC(NC(=O)OCC2c3ccccc3-c3ccccc32)C1)C1(C(=O)O)CCCC1. The summed E-state index contributed by atoms with van der Waals surface area (Å²) in [6.07, 6.45) is 3.16. The lowest BCUT2D eigenvalue weighted by atomic mass is 9.78. The van der Waals surface area contributed by atoms with Crippen LogP contribution in [0.3, 0.4) is 0 Å². The van der Waals surface area contributed by atoms with E-state index in [4.69, 9.17) is 4.74 Å². The minimum Gasteiger partial charge on any atom is -0.479 e. The molecule has 3 aliphatic rings. The molecule has 0 unspecified atom stereocenters. The molecule has 2 N–H and O–H groups in total. The molecule has 2 fully saturated rings. The predicted molar refractivity (Wildman–Crippen MR) is 126 cm³/mol. The van der Waals surface area contributed by atoms with Crippen LogP contribution in [0.5, 0.6) is 0 Å². The number of alkyl carbamates (subject to hydrolysis) is 1. The molecule has 3 aliphatic carbocycles. The molecule has 0 spiro atoms. The van der Waals surface area contributed by atoms with Gasteiger partial charge in [-0.2, -0.15) is 0 Å². The van der Waals surface area contributed by atoms with Crippen LogP contribution in [0, 0.1) is 5.92 Å². The van der Waals surface area contributed by atoms with E-state index in [-0.39, 0.29) is 30.4 Å². The van der Waals surface area contributed by atoms with Crippen molar-refractivity contribution in [3.05, 3.63) is 59.7 Å². The van der Waals surface area contributed by atoms with Crippen molar-refractivity contribution in [2.24, 2.45) is 5.92 Å². The largest absolute Gasteiger partial charge is 0.479 e. The van der Waals surface area contributed by atoms with Crippen LogP contribution in [0.25, 0.3) is 11.1 Å². The number of likely N-dealkylation sites (N-methyl/N-ethyl adjacent to an activating group) is 1. The van der Waals surface area contributed by atoms with Crippen molar-refractivity contribution in [3.8, 4) is 11.1 Å². The van der Waals surface area contributed by atoms with Crippen molar-refractivity contribution >= 4 is 18.0 Å². The summed E-state index contributed by atoms with van der Waals surface area (Å²) in [6.45, 7) is 0.249. The van der Waals surface area contributed by atoms with Crippen LogP contribution < -0.4 is 5.32 Å². The number of aliphatic carboxylic acids is 1. The Morgan fingerprint density at radius 1 is 1.00 bits per heavy atom. The lowest BCUT2D eigenvalue weighted by molar-refractivity contribution is -0.160. The molecule has 2 amide bonds. The summed E-state index contributed by atoms with van der Waals surface area (Å²) in [6, 6.07) is 16.2. The highest BCUT2D eigenvalue weighted by molar-refractivity contribution is 5.89. The monoisotopic (exact) mass is 462 g/mol. The van der Waals surface area contributed by atoms with E-state index in [0.29, 0.717) is 25.7 Å². The van der Waals surface area contributed by atoms with Crippen molar-refractivity contribution in [2.75, 3.05) is 13.7 Å². The number of hydrogen-bond acceptors (Lipinski definition) is 4. The standard InChI is InChI=1S/C27H30N2O5/c1-29(27(25(31)32)12-6-7-13-27)24(30)17-14-18(15-17)28-26(33)34-16-23-21-10-4-2-8-19(21)20-9-3-5-11-22(20)23/h2-5,8-11,17-18,23H,6-7,12-16H2,1H3,(H,28,33)(H,31,32). The number of nitrogens with zero attached hydrogens (tertiary/aromatic N) is 1. The van der Waals surface area contributed by atoms with E-state index in [1.165, 1.54) is 16.0 Å². The first-order valence-corrected chi connectivity index (χ1v) is 12.0. The topological polar surface area (TPSA) is 95.9 Å². The van der Waals surface area contributed by atoms with Crippen LogP contribution in [0.15, 0.2) is 48.5 Å². The molecule has 178 valence electrons. The second kappa shape index (κ2) is 8.78. The third-order valence-corrected chi connectivity index (χ3v) is 7.95. The molecule has 5 rings (SSSR count). The second-order valence-corrected chi connectivity index (χ2v) is 9.78. The summed E-state index contributed by atoms with van der Waals surface area (Å²) in [7, 11) is 1.61. The van der Waals surface area contributed by atoms with Gasteiger partial charge in [-0.3, -0.25) is 4.79 Å². The lowest BCUT2D eigenvalue weighted by Crippen LogP contribution is -2.58. The maximum atomic E-state index is 12.9. The van der Waals surface area contributed by atoms with E-state index < -0.39 is 17.6 Å². The maximum Gasteiger partial charge on any atom is 0.407 e. The summed E-state index contributed by atoms with van der Waals surface area (Å²) in [4.78, 5) is 38.7. The van der Waals surface area contributed by atoms with Gasteiger partial charge in [0.05, 0.1) is 0 Å². The third kappa shape index (κ3) is 3.73. The molecule has 0 radical (unpaired) electrons. The number of nitrogens with one attached hydrogen (secondary N) is 1. The average molecular weight is 463 g/mol. The molecule has 2 aromatic carbocycles. The Labute approximate surface area is 199 Å². The highest BCUT2D eigenvalue weighted by Gasteiger charge is 2.49. The van der Waals surface area contributed by atoms with Crippen molar-refractivity contribution in [3.63, 3.8) is 0 Å². The Hall–Kier alpha value is -3.35. The van der Waals surface area contributed by atoms with Crippen LogP contribution in [0.2, 0.25) is 0 Å². The fourth-order valence-electron chi connectivity index (χ4n) is 5.88. The molecule has 0 atom stereocenters. The number of rotatable bonds is 6. The van der Waals surface area contributed by atoms with Gasteiger partial charge in [-0.15, -0.1) is 0 Å². The molecule has 2 saturated carbocycles. The van der Waals surface area contributed by atoms with Crippen LogP contribution in [0.1, 0.15) is 55.6 Å². The van der Waals surface area contributed by atoms with Gasteiger partial charge in [0.25, 0.3) is 0 Å². The third-order valence-electron chi connectivity index (χ3n) is 7.95. The first-order valence-electron chi connectivity index (χ1n) is 12.0. The number of fused-ring (bicyclic) bond motifs is 3. The fraction of sp³-hybridized carbons (Fsp3) is 0.444. The van der Waals surface area contributed by atoms with Crippen molar-refractivity contribution < 1.29 is 24.2 Å². The quantitative estimate of drug-likeness (QED) is 0.672. The number of ether oxygens (including phenoxy) is 1. The number of carbonyl (C=O) groups excluding carboxylic acids is 2. The van der Waals surface area contributed by atoms with Crippen LogP contribution in [-0.4, -0.2) is 53.2 Å². The van der Waals surface area contributed by atoms with Gasteiger partial charge in [0.1, 0.15) is 12.1 Å². The minimum atomic E-state index is -1.08. The molecule has 0 saturated heterocycles. The van der Waals surface area contributed by atoms with Gasteiger partial charge in [-0.05, 0) is 47.9 Å². The van der Waals surface area contributed by atoms with Gasteiger partial charge in [-0.1, -0.05) is 61.4 Å². The maximum absolute atomic E-state index is 12.9. The smallest absolute Gasteiger partial charge is 0.407 e. The summed E-state index contributed by atoms with van der Waals surface area (Å²) in [5.41, 5.74) is 3.60. The number of carboxylic acids is 1. The first-order chi connectivity index (χ1) is 16.4. The molecule has 7 heteroatoms. The summed E-state index contributed by atoms with van der Waals surface area (Å²) in [5, 5.41) is 12.6. The Morgan fingerprint density at radius 2 is 1.56 bits per heavy atom. The zero-order valence-electron chi connectivity index (χ0n) is 19.3. The minimum absolute atomic E-state index is 0.00105. The van der Waals surface area contributed by atoms with E-state index >= 15 is 0 Å². The number of carboxylic acid groups (broad SMARTS) is 1. The van der Waals surface area contributed by atoms with Gasteiger partial charge in [0, 0.05) is 24.9 Å². The molecule has 0 aliphatic heterocycles. The Balaban J connectivity index is 1.14. The molecule has 0 heterocycles. The van der Waals surface area contributed by atoms with Gasteiger partial charge in [0.2, 0.25) is 5.91 Å². The summed E-state index contributed by atoms with van der Waals surface area (Å²) in [5.74, 6) is -1.33. The van der Waals surface area contributed by atoms with Gasteiger partial charge < -0.3 is 20.1 Å². The van der Waals surface area contributed by atoms with E-state index in [0.717, 1.165) is 24.0 Å². The molecular formula is C27H30N2O5. The van der Waals surface area contributed by atoms with Crippen LogP contribution >= 0.6 is 0 Å². The Kier molecular flexibility index (Phi) is 5.80. The van der Waals surface area contributed by atoms with Crippen molar-refractivity contribution in [1.29, 1.82) is 0 Å². The Morgan fingerprint density at radius 3 is 2.12 bits per heavy atom. The second-order valence-electron chi connectivity index (χ2n) is 9.78. The summed E-state index contributed by atoms with van der Waals surface area (Å²) >= 11 is 0. The van der Waals surface area contributed by atoms with Crippen LogP contribution in [0.4, 0.5) is 4.79 Å². The number of hydrogen-bond donors (Lipinski definition) is 2. The van der Waals surface area contributed by atoms with Gasteiger partial charge >= 0.3 is 12.1 Å². The van der Waals surface area contributed by atoms with E-state index in [2.05, 4.69) is 29.6 Å². The fourth-order valence-corrected chi connectivity index (χ4v) is 5.88. The highest BCUT2D eigenvalue weighted by Crippen LogP contribution is 2.44. The zero-order valence-corrected chi connectivity index (χ0v) is 19.3.